The molecule has 25 heavy (non-hydrogen) atoms. The molecule has 8 heteroatoms. The summed E-state index contributed by atoms with van der Waals surface area (Å²) < 4.78 is 49.6. The standard InChI is InChI=1S/C17H12F3N3O2/c18-17(19,20)10-2-1-3-11(6-10)23-16-12-7-14-15(25-5-4-24-14)8-13(12)21-9-22-16/h1-3,6-9H,4-5H2,(H,21,22,23). The second-order valence-electron chi connectivity index (χ2n) is 5.44. The molecule has 0 fully saturated rings. The lowest BCUT2D eigenvalue weighted by Crippen LogP contribution is -2.15. The molecule has 1 aromatic heterocycles. The second kappa shape index (κ2) is 5.80. The molecule has 0 unspecified atom stereocenters. The third-order valence-electron chi connectivity index (χ3n) is 3.75. The number of hydrogen-bond acceptors (Lipinski definition) is 5. The zero-order valence-corrected chi connectivity index (χ0v) is 12.8. The maximum atomic E-state index is 12.9. The first-order chi connectivity index (χ1) is 12.0. The fourth-order valence-corrected chi connectivity index (χ4v) is 2.60. The molecule has 0 saturated heterocycles. The van der Waals surface area contributed by atoms with Crippen LogP contribution in [-0.2, 0) is 6.18 Å². The van der Waals surface area contributed by atoms with Gasteiger partial charge in [0.25, 0.3) is 0 Å². The highest BCUT2D eigenvalue weighted by Crippen LogP contribution is 2.37. The minimum Gasteiger partial charge on any atom is -0.486 e. The first-order valence-electron chi connectivity index (χ1n) is 7.49. The monoisotopic (exact) mass is 347 g/mol. The number of hydrogen-bond donors (Lipinski definition) is 1. The summed E-state index contributed by atoms with van der Waals surface area (Å²) in [6.07, 6.45) is -3.07. The molecule has 0 saturated carbocycles. The summed E-state index contributed by atoms with van der Waals surface area (Å²) in [5.41, 5.74) is 0.156. The Bertz CT molecular complexity index is 944. The number of rotatable bonds is 2. The van der Waals surface area contributed by atoms with E-state index in [1.807, 2.05) is 0 Å². The number of benzene rings is 2. The van der Waals surface area contributed by atoms with Crippen LogP contribution in [0.1, 0.15) is 5.56 Å². The molecular formula is C17H12F3N3O2. The van der Waals surface area contributed by atoms with E-state index in [1.54, 1.807) is 18.2 Å². The van der Waals surface area contributed by atoms with Gasteiger partial charge < -0.3 is 14.8 Å². The average Bonchev–Trinajstić information content (AvgIpc) is 2.60. The molecule has 1 N–H and O–H groups in total. The van der Waals surface area contributed by atoms with E-state index >= 15 is 0 Å². The topological polar surface area (TPSA) is 56.3 Å². The summed E-state index contributed by atoms with van der Waals surface area (Å²) in [5.74, 6) is 1.53. The van der Waals surface area contributed by atoms with Crippen molar-refractivity contribution in [1.29, 1.82) is 0 Å². The smallest absolute Gasteiger partial charge is 0.416 e. The Morgan fingerprint density at radius 3 is 2.48 bits per heavy atom. The maximum absolute atomic E-state index is 12.9. The van der Waals surface area contributed by atoms with Crippen LogP contribution in [0.2, 0.25) is 0 Å². The van der Waals surface area contributed by atoms with Crippen molar-refractivity contribution in [2.75, 3.05) is 18.5 Å². The zero-order chi connectivity index (χ0) is 17.4. The van der Waals surface area contributed by atoms with Crippen LogP contribution in [0.5, 0.6) is 11.5 Å². The lowest BCUT2D eigenvalue weighted by molar-refractivity contribution is -0.137. The van der Waals surface area contributed by atoms with Crippen LogP contribution in [0.4, 0.5) is 24.7 Å². The Labute approximate surface area is 140 Å². The number of alkyl halides is 3. The van der Waals surface area contributed by atoms with E-state index < -0.39 is 11.7 Å². The zero-order valence-electron chi connectivity index (χ0n) is 12.8. The van der Waals surface area contributed by atoms with Gasteiger partial charge in [0.15, 0.2) is 11.5 Å². The van der Waals surface area contributed by atoms with Gasteiger partial charge in [-0.3, -0.25) is 0 Å². The van der Waals surface area contributed by atoms with E-state index in [2.05, 4.69) is 15.3 Å². The molecular weight excluding hydrogens is 335 g/mol. The largest absolute Gasteiger partial charge is 0.486 e. The Kier molecular flexibility index (Phi) is 3.60. The van der Waals surface area contributed by atoms with Crippen LogP contribution in [0.25, 0.3) is 10.9 Å². The van der Waals surface area contributed by atoms with E-state index in [4.69, 9.17) is 9.47 Å². The highest BCUT2D eigenvalue weighted by Gasteiger charge is 2.30. The van der Waals surface area contributed by atoms with E-state index in [0.717, 1.165) is 12.1 Å². The van der Waals surface area contributed by atoms with Crippen LogP contribution >= 0.6 is 0 Å². The summed E-state index contributed by atoms with van der Waals surface area (Å²) in [5, 5.41) is 3.55. The molecule has 0 aliphatic carbocycles. The van der Waals surface area contributed by atoms with Crippen LogP contribution < -0.4 is 14.8 Å². The van der Waals surface area contributed by atoms with Crippen molar-refractivity contribution in [3.63, 3.8) is 0 Å². The Morgan fingerprint density at radius 1 is 0.960 bits per heavy atom. The Balaban J connectivity index is 1.75. The number of nitrogens with zero attached hydrogens (tertiary/aromatic N) is 2. The van der Waals surface area contributed by atoms with Gasteiger partial charge in [-0.1, -0.05) is 6.07 Å². The lowest BCUT2D eigenvalue weighted by Gasteiger charge is -2.19. The number of ether oxygens (including phenoxy) is 2. The molecule has 4 rings (SSSR count). The van der Waals surface area contributed by atoms with Gasteiger partial charge in [0.2, 0.25) is 0 Å². The Hall–Kier alpha value is -3.03. The van der Waals surface area contributed by atoms with E-state index in [0.29, 0.717) is 41.4 Å². The highest BCUT2D eigenvalue weighted by atomic mass is 19.4. The van der Waals surface area contributed by atoms with Crippen LogP contribution in [0.15, 0.2) is 42.7 Å². The van der Waals surface area contributed by atoms with E-state index in [1.165, 1.54) is 12.4 Å². The molecule has 0 atom stereocenters. The van der Waals surface area contributed by atoms with E-state index in [-0.39, 0.29) is 5.69 Å². The molecule has 0 spiro atoms. The normalized spacial score (nSPS) is 13.7. The molecule has 0 amide bonds. The molecule has 2 heterocycles. The number of anilines is 2. The van der Waals surface area contributed by atoms with Gasteiger partial charge >= 0.3 is 6.18 Å². The fraction of sp³-hybridized carbons (Fsp3) is 0.176. The van der Waals surface area contributed by atoms with Crippen molar-refractivity contribution in [3.05, 3.63) is 48.3 Å². The average molecular weight is 347 g/mol. The minimum absolute atomic E-state index is 0.282. The molecule has 1 aliphatic rings. The lowest BCUT2D eigenvalue weighted by atomic mass is 10.1. The highest BCUT2D eigenvalue weighted by molar-refractivity contribution is 5.93. The summed E-state index contributed by atoms with van der Waals surface area (Å²) >= 11 is 0. The van der Waals surface area contributed by atoms with E-state index in [9.17, 15) is 13.2 Å². The third-order valence-corrected chi connectivity index (χ3v) is 3.75. The van der Waals surface area contributed by atoms with Crippen LogP contribution in [0, 0.1) is 0 Å². The first-order valence-corrected chi connectivity index (χ1v) is 7.49. The molecule has 128 valence electrons. The predicted molar refractivity (Wildman–Crippen MR) is 85.3 cm³/mol. The summed E-state index contributed by atoms with van der Waals surface area (Å²) in [6, 6.07) is 8.38. The molecule has 2 aromatic carbocycles. The van der Waals surface area contributed by atoms with Crippen LogP contribution in [0.3, 0.4) is 0 Å². The third kappa shape index (κ3) is 3.02. The number of nitrogens with one attached hydrogen (secondary N) is 1. The number of fused-ring (bicyclic) bond motifs is 2. The van der Waals surface area contributed by atoms with Gasteiger partial charge in [-0.2, -0.15) is 13.2 Å². The molecule has 5 nitrogen and oxygen atoms in total. The van der Waals surface area contributed by atoms with Crippen molar-refractivity contribution < 1.29 is 22.6 Å². The van der Waals surface area contributed by atoms with Gasteiger partial charge in [0.1, 0.15) is 25.4 Å². The van der Waals surface area contributed by atoms with Gasteiger partial charge in [0, 0.05) is 17.1 Å². The van der Waals surface area contributed by atoms with Gasteiger partial charge in [-0.15, -0.1) is 0 Å². The summed E-state index contributed by atoms with van der Waals surface area (Å²) in [4.78, 5) is 8.32. The van der Waals surface area contributed by atoms with Crippen molar-refractivity contribution in [3.8, 4) is 11.5 Å². The fourth-order valence-electron chi connectivity index (χ4n) is 2.60. The predicted octanol–water partition coefficient (Wildman–Crippen LogP) is 4.16. The summed E-state index contributed by atoms with van der Waals surface area (Å²) in [6.45, 7) is 0.890. The van der Waals surface area contributed by atoms with Crippen molar-refractivity contribution in [2.45, 2.75) is 6.18 Å². The minimum atomic E-state index is -4.41. The maximum Gasteiger partial charge on any atom is 0.416 e. The first kappa shape index (κ1) is 15.5. The van der Waals surface area contributed by atoms with Gasteiger partial charge in [-0.25, -0.2) is 9.97 Å². The number of halogens is 3. The molecule has 0 bridgehead atoms. The molecule has 1 aliphatic heterocycles. The van der Waals surface area contributed by atoms with Gasteiger partial charge in [0.05, 0.1) is 11.1 Å². The quantitative estimate of drug-likeness (QED) is 0.754. The van der Waals surface area contributed by atoms with Crippen molar-refractivity contribution in [1.82, 2.24) is 9.97 Å². The van der Waals surface area contributed by atoms with Crippen LogP contribution in [-0.4, -0.2) is 23.2 Å². The Morgan fingerprint density at radius 2 is 1.72 bits per heavy atom. The number of aromatic nitrogens is 2. The summed E-state index contributed by atoms with van der Waals surface area (Å²) in [7, 11) is 0. The SMILES string of the molecule is FC(F)(F)c1cccc(Nc2ncnc3cc4c(cc23)OCCO4)c1. The van der Waals surface area contributed by atoms with Crippen molar-refractivity contribution >= 4 is 22.4 Å². The molecule has 3 aromatic rings. The van der Waals surface area contributed by atoms with Gasteiger partial charge in [-0.05, 0) is 24.3 Å². The second-order valence-corrected chi connectivity index (χ2v) is 5.44. The van der Waals surface area contributed by atoms with Crippen molar-refractivity contribution in [2.24, 2.45) is 0 Å². The molecule has 0 radical (unpaired) electrons.